The molecule has 0 unspecified atom stereocenters. The van der Waals surface area contributed by atoms with Gasteiger partial charge in [0.25, 0.3) is 0 Å². The predicted octanol–water partition coefficient (Wildman–Crippen LogP) is 0.865. The van der Waals surface area contributed by atoms with Crippen molar-refractivity contribution in [3.8, 4) is 0 Å². The molecule has 0 spiro atoms. The Morgan fingerprint density at radius 1 is 1.19 bits per heavy atom. The molecule has 1 heterocycles. The second-order valence-corrected chi connectivity index (χ2v) is 5.90. The summed E-state index contributed by atoms with van der Waals surface area (Å²) >= 11 is 0. The molecule has 1 amide bonds. The van der Waals surface area contributed by atoms with Crippen LogP contribution in [0.2, 0.25) is 0 Å². The largest absolute Gasteiger partial charge is 0.399 e. The van der Waals surface area contributed by atoms with Crippen molar-refractivity contribution in [2.24, 2.45) is 0 Å². The fraction of sp³-hybridized carbons (Fsp3) is 0.562. The second-order valence-electron chi connectivity index (χ2n) is 5.90. The molecule has 1 aliphatic heterocycles. The Balaban J connectivity index is 1.72. The fourth-order valence-corrected chi connectivity index (χ4v) is 2.60. The van der Waals surface area contributed by atoms with Gasteiger partial charge in [-0.15, -0.1) is 0 Å². The van der Waals surface area contributed by atoms with E-state index in [1.807, 2.05) is 32.3 Å². The average Bonchev–Trinajstić information content (AvgIpc) is 2.46. The molecule has 0 aliphatic carbocycles. The molecule has 0 atom stereocenters. The van der Waals surface area contributed by atoms with Crippen LogP contribution in [0.5, 0.6) is 0 Å². The molecule has 2 rings (SSSR count). The van der Waals surface area contributed by atoms with Gasteiger partial charge in [-0.1, -0.05) is 12.1 Å². The summed E-state index contributed by atoms with van der Waals surface area (Å²) in [4.78, 5) is 18.1. The maximum absolute atomic E-state index is 11.6. The monoisotopic (exact) mass is 290 g/mol. The molecule has 0 saturated carbocycles. The number of nitrogens with zero attached hydrogens (tertiary/aromatic N) is 3. The Labute approximate surface area is 127 Å². The summed E-state index contributed by atoms with van der Waals surface area (Å²) in [6, 6.07) is 8.09. The topological polar surface area (TPSA) is 52.8 Å². The van der Waals surface area contributed by atoms with Crippen LogP contribution in [-0.2, 0) is 11.3 Å². The number of piperazine rings is 1. The Bertz CT molecular complexity index is 467. The Hall–Kier alpha value is -1.59. The molecule has 0 radical (unpaired) electrons. The molecule has 21 heavy (non-hydrogen) atoms. The normalized spacial score (nSPS) is 16.9. The van der Waals surface area contributed by atoms with Gasteiger partial charge in [0, 0.05) is 65.5 Å². The van der Waals surface area contributed by atoms with E-state index in [0.29, 0.717) is 6.42 Å². The number of rotatable bonds is 5. The van der Waals surface area contributed by atoms with Crippen molar-refractivity contribution in [2.75, 3.05) is 52.6 Å². The molecule has 0 bridgehead atoms. The first-order valence-corrected chi connectivity index (χ1v) is 7.54. The lowest BCUT2D eigenvalue weighted by atomic mass is 10.1. The van der Waals surface area contributed by atoms with Crippen LogP contribution in [0.15, 0.2) is 24.3 Å². The third-order valence-corrected chi connectivity index (χ3v) is 3.96. The molecule has 1 fully saturated rings. The summed E-state index contributed by atoms with van der Waals surface area (Å²) in [7, 11) is 3.62. The van der Waals surface area contributed by atoms with Gasteiger partial charge in [0.15, 0.2) is 0 Å². The lowest BCUT2D eigenvalue weighted by molar-refractivity contribution is -0.129. The smallest absolute Gasteiger partial charge is 0.223 e. The van der Waals surface area contributed by atoms with Crippen LogP contribution < -0.4 is 5.73 Å². The number of hydrogen-bond donors (Lipinski definition) is 1. The molecule has 1 aromatic carbocycles. The number of anilines is 1. The molecule has 1 aliphatic rings. The molecule has 116 valence electrons. The van der Waals surface area contributed by atoms with Crippen molar-refractivity contribution in [1.29, 1.82) is 0 Å². The van der Waals surface area contributed by atoms with Gasteiger partial charge in [0.2, 0.25) is 5.91 Å². The van der Waals surface area contributed by atoms with E-state index in [0.717, 1.165) is 45.0 Å². The van der Waals surface area contributed by atoms with Crippen LogP contribution in [0.3, 0.4) is 0 Å². The van der Waals surface area contributed by atoms with Crippen molar-refractivity contribution >= 4 is 11.6 Å². The highest BCUT2D eigenvalue weighted by molar-refractivity contribution is 5.75. The minimum absolute atomic E-state index is 0.206. The zero-order valence-corrected chi connectivity index (χ0v) is 13.1. The van der Waals surface area contributed by atoms with E-state index < -0.39 is 0 Å². The van der Waals surface area contributed by atoms with Gasteiger partial charge in [0.1, 0.15) is 0 Å². The summed E-state index contributed by atoms with van der Waals surface area (Å²) in [5, 5.41) is 0. The Kier molecular flexibility index (Phi) is 5.59. The van der Waals surface area contributed by atoms with Gasteiger partial charge < -0.3 is 15.5 Å². The Morgan fingerprint density at radius 2 is 1.86 bits per heavy atom. The van der Waals surface area contributed by atoms with Gasteiger partial charge in [-0.05, 0) is 17.7 Å². The molecule has 5 heteroatoms. The highest BCUT2D eigenvalue weighted by Gasteiger charge is 2.17. The van der Waals surface area contributed by atoms with Gasteiger partial charge in [0.05, 0.1) is 0 Å². The van der Waals surface area contributed by atoms with Gasteiger partial charge in [-0.2, -0.15) is 0 Å². The maximum atomic E-state index is 11.6. The third kappa shape index (κ3) is 5.02. The number of benzene rings is 1. The lowest BCUT2D eigenvalue weighted by Gasteiger charge is -2.34. The maximum Gasteiger partial charge on any atom is 0.223 e. The zero-order valence-electron chi connectivity index (χ0n) is 13.1. The van der Waals surface area contributed by atoms with E-state index in [1.165, 1.54) is 5.56 Å². The van der Waals surface area contributed by atoms with Crippen molar-refractivity contribution in [3.05, 3.63) is 29.8 Å². The third-order valence-electron chi connectivity index (χ3n) is 3.96. The standard InChI is InChI=1S/C16H26N4O/c1-18(2)16(21)6-7-19-8-10-20(11-9-19)13-14-4-3-5-15(17)12-14/h3-5,12H,6-11,13,17H2,1-2H3. The minimum Gasteiger partial charge on any atom is -0.399 e. The van der Waals surface area contributed by atoms with E-state index in [1.54, 1.807) is 4.90 Å². The minimum atomic E-state index is 0.206. The first-order chi connectivity index (χ1) is 10.0. The quantitative estimate of drug-likeness (QED) is 0.818. The van der Waals surface area contributed by atoms with Crippen LogP contribution in [0.25, 0.3) is 0 Å². The van der Waals surface area contributed by atoms with E-state index in [4.69, 9.17) is 5.73 Å². The van der Waals surface area contributed by atoms with E-state index >= 15 is 0 Å². The van der Waals surface area contributed by atoms with Crippen LogP contribution in [0.1, 0.15) is 12.0 Å². The molecule has 2 N–H and O–H groups in total. The number of hydrogen-bond acceptors (Lipinski definition) is 4. The van der Waals surface area contributed by atoms with Gasteiger partial charge in [-0.25, -0.2) is 0 Å². The number of amides is 1. The van der Waals surface area contributed by atoms with Crippen molar-refractivity contribution in [1.82, 2.24) is 14.7 Å². The average molecular weight is 290 g/mol. The highest BCUT2D eigenvalue weighted by atomic mass is 16.2. The first kappa shape index (κ1) is 15.8. The summed E-state index contributed by atoms with van der Waals surface area (Å²) in [6.45, 7) is 5.97. The molecule has 0 aromatic heterocycles. The zero-order chi connectivity index (χ0) is 15.2. The summed E-state index contributed by atoms with van der Waals surface area (Å²) in [5.41, 5.74) is 7.91. The predicted molar refractivity (Wildman–Crippen MR) is 85.9 cm³/mol. The van der Waals surface area contributed by atoms with Crippen LogP contribution >= 0.6 is 0 Å². The molecule has 5 nitrogen and oxygen atoms in total. The van der Waals surface area contributed by atoms with Gasteiger partial charge in [-0.3, -0.25) is 9.69 Å². The molecule has 1 saturated heterocycles. The molecule has 1 aromatic rings. The first-order valence-electron chi connectivity index (χ1n) is 7.54. The lowest BCUT2D eigenvalue weighted by Crippen LogP contribution is -2.46. The summed E-state index contributed by atoms with van der Waals surface area (Å²) in [6.07, 6.45) is 0.613. The van der Waals surface area contributed by atoms with Crippen LogP contribution in [-0.4, -0.2) is 67.4 Å². The summed E-state index contributed by atoms with van der Waals surface area (Å²) < 4.78 is 0. The van der Waals surface area contributed by atoms with E-state index in [-0.39, 0.29) is 5.91 Å². The Morgan fingerprint density at radius 3 is 2.48 bits per heavy atom. The number of nitrogens with two attached hydrogens (primary N) is 1. The van der Waals surface area contributed by atoms with E-state index in [9.17, 15) is 4.79 Å². The van der Waals surface area contributed by atoms with Crippen LogP contribution in [0.4, 0.5) is 5.69 Å². The van der Waals surface area contributed by atoms with E-state index in [2.05, 4.69) is 15.9 Å². The SMILES string of the molecule is CN(C)C(=O)CCN1CCN(Cc2cccc(N)c2)CC1. The summed E-state index contributed by atoms with van der Waals surface area (Å²) in [5.74, 6) is 0.206. The van der Waals surface area contributed by atoms with Crippen LogP contribution in [0, 0.1) is 0 Å². The number of nitrogen functional groups attached to an aromatic ring is 1. The van der Waals surface area contributed by atoms with Crippen molar-refractivity contribution in [2.45, 2.75) is 13.0 Å². The highest BCUT2D eigenvalue weighted by Crippen LogP contribution is 2.11. The van der Waals surface area contributed by atoms with Gasteiger partial charge >= 0.3 is 0 Å². The molecular formula is C16H26N4O. The fourth-order valence-electron chi connectivity index (χ4n) is 2.60. The number of carbonyl (C=O) groups is 1. The number of carbonyl (C=O) groups excluding carboxylic acids is 1. The van der Waals surface area contributed by atoms with Crippen molar-refractivity contribution in [3.63, 3.8) is 0 Å². The van der Waals surface area contributed by atoms with Crippen molar-refractivity contribution < 1.29 is 4.79 Å². The second kappa shape index (κ2) is 7.43. The molecular weight excluding hydrogens is 264 g/mol.